The Morgan fingerprint density at radius 1 is 1.69 bits per heavy atom. The quantitative estimate of drug-likeness (QED) is 0.410. The van der Waals surface area contributed by atoms with Gasteiger partial charge in [0.15, 0.2) is 0 Å². The molecule has 1 heterocycles. The minimum absolute atomic E-state index is 0.0730. The molecule has 0 saturated heterocycles. The fourth-order valence-corrected chi connectivity index (χ4v) is 0.793. The van der Waals surface area contributed by atoms with Crippen LogP contribution in [0.4, 0.5) is 11.5 Å². The van der Waals surface area contributed by atoms with Gasteiger partial charge in [-0.15, -0.1) is 0 Å². The minimum atomic E-state index is -0.728. The van der Waals surface area contributed by atoms with Crippen LogP contribution in [0.2, 0.25) is 0 Å². The van der Waals surface area contributed by atoms with E-state index in [4.69, 9.17) is 5.11 Å². The van der Waals surface area contributed by atoms with Crippen LogP contribution in [-0.4, -0.2) is 21.2 Å². The van der Waals surface area contributed by atoms with E-state index in [-0.39, 0.29) is 5.69 Å². The van der Waals surface area contributed by atoms with Gasteiger partial charge in [0.1, 0.15) is 18.2 Å². The highest BCUT2D eigenvalue weighted by molar-refractivity contribution is 5.40. The summed E-state index contributed by atoms with van der Waals surface area (Å²) in [4.78, 5) is 13.4. The molecule has 1 aromatic rings. The van der Waals surface area contributed by atoms with Crippen molar-refractivity contribution >= 4 is 11.5 Å². The summed E-state index contributed by atoms with van der Waals surface area (Å²) < 4.78 is 0. The van der Waals surface area contributed by atoms with Crippen molar-refractivity contribution in [2.24, 2.45) is 0 Å². The average molecular weight is 183 g/mol. The standard InChI is InChI=1S/C7H9N3O3/c1-5(11)9-7-3-2-6(4-8-7)10(12)13/h2-5,11H,1H3,(H,8,9). The molecule has 0 aliphatic rings. The van der Waals surface area contributed by atoms with Crippen molar-refractivity contribution in [3.05, 3.63) is 28.4 Å². The first kappa shape index (κ1) is 9.40. The molecule has 70 valence electrons. The van der Waals surface area contributed by atoms with Gasteiger partial charge in [0, 0.05) is 6.07 Å². The summed E-state index contributed by atoms with van der Waals surface area (Å²) in [5.74, 6) is 0.403. The van der Waals surface area contributed by atoms with Gasteiger partial charge in [-0.2, -0.15) is 0 Å². The highest BCUT2D eigenvalue weighted by Crippen LogP contribution is 2.11. The van der Waals surface area contributed by atoms with E-state index in [0.717, 1.165) is 6.20 Å². The fourth-order valence-electron chi connectivity index (χ4n) is 0.793. The van der Waals surface area contributed by atoms with Crippen LogP contribution in [-0.2, 0) is 0 Å². The lowest BCUT2D eigenvalue weighted by molar-refractivity contribution is -0.385. The smallest absolute Gasteiger partial charge is 0.287 e. The molecule has 1 unspecified atom stereocenters. The van der Waals surface area contributed by atoms with Gasteiger partial charge in [-0.1, -0.05) is 0 Å². The number of hydrogen-bond acceptors (Lipinski definition) is 5. The van der Waals surface area contributed by atoms with Crippen molar-refractivity contribution in [1.82, 2.24) is 4.98 Å². The Balaban J connectivity index is 2.75. The van der Waals surface area contributed by atoms with Crippen LogP contribution in [0.5, 0.6) is 0 Å². The molecule has 0 bridgehead atoms. The summed E-state index contributed by atoms with van der Waals surface area (Å²) in [5, 5.41) is 21.7. The predicted octanol–water partition coefficient (Wildman–Crippen LogP) is 0.740. The highest BCUT2D eigenvalue weighted by Gasteiger charge is 2.05. The number of nitrogens with one attached hydrogen (secondary N) is 1. The van der Waals surface area contributed by atoms with E-state index in [2.05, 4.69) is 10.3 Å². The molecule has 0 fully saturated rings. The van der Waals surface area contributed by atoms with Gasteiger partial charge >= 0.3 is 0 Å². The second kappa shape index (κ2) is 3.81. The maximum absolute atomic E-state index is 10.2. The lowest BCUT2D eigenvalue weighted by Crippen LogP contribution is -2.14. The molecule has 0 spiro atoms. The van der Waals surface area contributed by atoms with E-state index in [1.807, 2.05) is 0 Å². The fraction of sp³-hybridized carbons (Fsp3) is 0.286. The van der Waals surface area contributed by atoms with Crippen molar-refractivity contribution in [2.75, 3.05) is 5.32 Å². The number of pyridine rings is 1. The lowest BCUT2D eigenvalue weighted by atomic mass is 10.4. The van der Waals surface area contributed by atoms with E-state index in [1.165, 1.54) is 19.1 Å². The first-order valence-electron chi connectivity index (χ1n) is 3.64. The maximum atomic E-state index is 10.2. The third-order valence-electron chi connectivity index (χ3n) is 1.32. The third kappa shape index (κ3) is 2.68. The van der Waals surface area contributed by atoms with Crippen molar-refractivity contribution in [1.29, 1.82) is 0 Å². The van der Waals surface area contributed by atoms with Crippen LogP contribution in [0.3, 0.4) is 0 Å². The molecule has 1 atom stereocenters. The molecule has 1 rings (SSSR count). The van der Waals surface area contributed by atoms with Crippen LogP contribution in [0.25, 0.3) is 0 Å². The summed E-state index contributed by atoms with van der Waals surface area (Å²) in [6.45, 7) is 1.53. The Labute approximate surface area is 74.4 Å². The first-order valence-corrected chi connectivity index (χ1v) is 3.64. The normalized spacial score (nSPS) is 12.2. The molecule has 6 nitrogen and oxygen atoms in total. The van der Waals surface area contributed by atoms with Crippen molar-refractivity contribution in [3.63, 3.8) is 0 Å². The highest BCUT2D eigenvalue weighted by atomic mass is 16.6. The lowest BCUT2D eigenvalue weighted by Gasteiger charge is -2.06. The Morgan fingerprint density at radius 2 is 2.38 bits per heavy atom. The van der Waals surface area contributed by atoms with Gasteiger partial charge in [0.2, 0.25) is 0 Å². The number of nitro groups is 1. The Morgan fingerprint density at radius 3 is 2.77 bits per heavy atom. The minimum Gasteiger partial charge on any atom is -0.374 e. The van der Waals surface area contributed by atoms with Crippen LogP contribution < -0.4 is 5.32 Å². The number of aromatic nitrogens is 1. The van der Waals surface area contributed by atoms with Crippen molar-refractivity contribution in [2.45, 2.75) is 13.2 Å². The zero-order valence-electron chi connectivity index (χ0n) is 6.97. The van der Waals surface area contributed by atoms with Gasteiger partial charge in [-0.25, -0.2) is 4.98 Å². The summed E-state index contributed by atoms with van der Waals surface area (Å²) in [6.07, 6.45) is 0.402. The monoisotopic (exact) mass is 183 g/mol. The molecule has 0 radical (unpaired) electrons. The van der Waals surface area contributed by atoms with E-state index < -0.39 is 11.2 Å². The second-order valence-electron chi connectivity index (χ2n) is 2.48. The number of hydrogen-bond donors (Lipinski definition) is 2. The summed E-state index contributed by atoms with van der Waals surface area (Å²) >= 11 is 0. The molecule has 2 N–H and O–H groups in total. The van der Waals surface area contributed by atoms with Crippen molar-refractivity contribution in [3.8, 4) is 0 Å². The molecule has 6 heteroatoms. The second-order valence-corrected chi connectivity index (χ2v) is 2.48. The van der Waals surface area contributed by atoms with Gasteiger partial charge < -0.3 is 10.4 Å². The summed E-state index contributed by atoms with van der Waals surface area (Å²) in [5.41, 5.74) is -0.0730. The summed E-state index contributed by atoms with van der Waals surface area (Å²) in [7, 11) is 0. The van der Waals surface area contributed by atoms with E-state index in [0.29, 0.717) is 5.82 Å². The van der Waals surface area contributed by atoms with Gasteiger partial charge in [-0.05, 0) is 13.0 Å². The topological polar surface area (TPSA) is 88.3 Å². The number of anilines is 1. The molecule has 13 heavy (non-hydrogen) atoms. The number of aliphatic hydroxyl groups excluding tert-OH is 1. The van der Waals surface area contributed by atoms with Crippen LogP contribution in [0.15, 0.2) is 18.3 Å². The van der Waals surface area contributed by atoms with Crippen LogP contribution in [0.1, 0.15) is 6.92 Å². The SMILES string of the molecule is CC(O)Nc1ccc([N+](=O)[O-])cn1. The molecule has 0 aliphatic heterocycles. The summed E-state index contributed by atoms with van der Waals surface area (Å²) in [6, 6.07) is 2.75. The van der Waals surface area contributed by atoms with Crippen LogP contribution >= 0.6 is 0 Å². The first-order chi connectivity index (χ1) is 6.09. The average Bonchev–Trinajstić information content (AvgIpc) is 2.04. The maximum Gasteiger partial charge on any atom is 0.287 e. The molecular weight excluding hydrogens is 174 g/mol. The molecule has 0 aromatic carbocycles. The Hall–Kier alpha value is -1.69. The number of rotatable bonds is 3. The third-order valence-corrected chi connectivity index (χ3v) is 1.32. The van der Waals surface area contributed by atoms with E-state index >= 15 is 0 Å². The zero-order valence-corrected chi connectivity index (χ0v) is 6.97. The Kier molecular flexibility index (Phi) is 2.76. The Bertz CT molecular complexity index is 296. The van der Waals surface area contributed by atoms with Crippen molar-refractivity contribution < 1.29 is 10.0 Å². The van der Waals surface area contributed by atoms with E-state index in [9.17, 15) is 10.1 Å². The van der Waals surface area contributed by atoms with E-state index in [1.54, 1.807) is 0 Å². The van der Waals surface area contributed by atoms with Crippen LogP contribution in [0, 0.1) is 10.1 Å². The largest absolute Gasteiger partial charge is 0.374 e. The number of aliphatic hydroxyl groups is 1. The van der Waals surface area contributed by atoms with Gasteiger partial charge in [-0.3, -0.25) is 10.1 Å². The molecule has 0 amide bonds. The van der Waals surface area contributed by atoms with Gasteiger partial charge in [0.05, 0.1) is 4.92 Å². The predicted molar refractivity (Wildman–Crippen MR) is 46.2 cm³/mol. The molecular formula is C7H9N3O3. The zero-order chi connectivity index (χ0) is 9.84. The molecule has 0 aliphatic carbocycles. The van der Waals surface area contributed by atoms with Gasteiger partial charge in [0.25, 0.3) is 5.69 Å². The number of nitrogens with zero attached hydrogens (tertiary/aromatic N) is 2. The molecule has 0 saturated carbocycles. The molecule has 1 aromatic heterocycles.